The standard InChI is InChI=1S/C16H23NO4S.H3N/c1-5-15(18)17-11-7-10-16(4,22(19,20)21)14-9-6-8-12(2)13(14)3;/h5-6,8-9H,1,7,10-11H2,2-4H3,(H,17,18)(H,19,20,21);1H3. The van der Waals surface area contributed by atoms with Gasteiger partial charge in [-0.1, -0.05) is 24.8 Å². The summed E-state index contributed by atoms with van der Waals surface area (Å²) in [7, 11) is -4.55. The Morgan fingerprint density at radius 3 is 2.52 bits per heavy atom. The molecule has 5 N–H and O–H groups in total. The monoisotopic (exact) mass is 342 g/mol. The number of amides is 1. The van der Waals surface area contributed by atoms with Crippen molar-refractivity contribution in [3.8, 4) is 0 Å². The maximum Gasteiger partial charge on any atom is 0.243 e. The minimum absolute atomic E-state index is 0. The number of rotatable bonds is 7. The predicted molar refractivity (Wildman–Crippen MR) is 91.4 cm³/mol. The minimum atomic E-state index is -4.55. The smallest absolute Gasteiger partial charge is 0.243 e. The quantitative estimate of drug-likeness (QED) is 0.449. The molecule has 0 heterocycles. The van der Waals surface area contributed by atoms with E-state index in [9.17, 15) is 17.8 Å². The van der Waals surface area contributed by atoms with Crippen molar-refractivity contribution < 1.29 is 17.8 Å². The van der Waals surface area contributed by atoms with Crippen molar-refractivity contribution >= 4 is 16.0 Å². The van der Waals surface area contributed by atoms with Crippen LogP contribution in [0.15, 0.2) is 30.9 Å². The molecule has 1 unspecified atom stereocenters. The lowest BCUT2D eigenvalue weighted by Crippen LogP contribution is -2.34. The molecule has 7 heteroatoms. The van der Waals surface area contributed by atoms with Crippen LogP contribution in [0.5, 0.6) is 0 Å². The lowest BCUT2D eigenvalue weighted by molar-refractivity contribution is -0.116. The molecule has 0 spiro atoms. The van der Waals surface area contributed by atoms with Crippen molar-refractivity contribution in [3.05, 3.63) is 47.5 Å². The van der Waals surface area contributed by atoms with Gasteiger partial charge in [0.15, 0.2) is 0 Å². The Morgan fingerprint density at radius 1 is 1.39 bits per heavy atom. The van der Waals surface area contributed by atoms with Crippen molar-refractivity contribution in [2.45, 2.75) is 38.4 Å². The maximum atomic E-state index is 11.8. The van der Waals surface area contributed by atoms with Crippen molar-refractivity contribution in [3.63, 3.8) is 0 Å². The molecule has 0 aromatic heterocycles. The fraction of sp³-hybridized carbons (Fsp3) is 0.438. The second kappa shape index (κ2) is 8.24. The van der Waals surface area contributed by atoms with Crippen molar-refractivity contribution in [1.29, 1.82) is 0 Å². The summed E-state index contributed by atoms with van der Waals surface area (Å²) in [6, 6.07) is 5.31. The Kier molecular flexibility index (Phi) is 7.63. The molecule has 0 saturated carbocycles. The highest BCUT2D eigenvalue weighted by atomic mass is 32.2. The lowest BCUT2D eigenvalue weighted by Gasteiger charge is -2.34. The Morgan fingerprint density at radius 2 is 2.00 bits per heavy atom. The number of carbonyl (C=O) groups is 1. The Hall–Kier alpha value is -1.70. The summed E-state index contributed by atoms with van der Waals surface area (Å²) in [6.07, 6.45) is 1.67. The third kappa shape index (κ3) is 4.89. The van der Waals surface area contributed by atoms with Crippen LogP contribution in [-0.4, -0.2) is 25.4 Å². The summed E-state index contributed by atoms with van der Waals surface area (Å²) in [5.74, 6) is -0.321. The van der Waals surface area contributed by atoms with E-state index in [-0.39, 0.29) is 18.5 Å². The minimum Gasteiger partial charge on any atom is -0.747 e. The van der Waals surface area contributed by atoms with E-state index < -0.39 is 14.9 Å². The van der Waals surface area contributed by atoms with Gasteiger partial charge in [-0.25, -0.2) is 8.42 Å². The molecule has 1 aromatic rings. The van der Waals surface area contributed by atoms with E-state index >= 15 is 0 Å². The second-order valence-corrected chi connectivity index (χ2v) is 7.34. The van der Waals surface area contributed by atoms with Gasteiger partial charge in [-0.05, 0) is 56.4 Å². The van der Waals surface area contributed by atoms with Crippen LogP contribution in [0.4, 0.5) is 0 Å². The van der Waals surface area contributed by atoms with E-state index in [1.165, 1.54) is 6.92 Å². The van der Waals surface area contributed by atoms with Crippen LogP contribution in [0.1, 0.15) is 36.5 Å². The third-order valence-electron chi connectivity index (χ3n) is 4.04. The van der Waals surface area contributed by atoms with Crippen LogP contribution in [0.25, 0.3) is 0 Å². The molecular weight excluding hydrogens is 316 g/mol. The molecule has 1 aromatic carbocycles. The van der Waals surface area contributed by atoms with E-state index in [4.69, 9.17) is 0 Å². The highest BCUT2D eigenvalue weighted by Crippen LogP contribution is 2.36. The van der Waals surface area contributed by atoms with Gasteiger partial charge >= 0.3 is 0 Å². The zero-order chi connectivity index (χ0) is 17.0. The first-order valence-corrected chi connectivity index (χ1v) is 8.46. The number of nitrogens with one attached hydrogen (secondary N) is 1. The third-order valence-corrected chi connectivity index (χ3v) is 5.57. The van der Waals surface area contributed by atoms with Gasteiger partial charge in [0.2, 0.25) is 5.91 Å². The van der Waals surface area contributed by atoms with Gasteiger partial charge in [-0.3, -0.25) is 4.79 Å². The summed E-state index contributed by atoms with van der Waals surface area (Å²) in [6.45, 7) is 8.77. The molecule has 0 saturated heterocycles. The number of hydrogen-bond donors (Lipinski definition) is 2. The summed E-state index contributed by atoms with van der Waals surface area (Å²) >= 11 is 0. The molecule has 1 rings (SSSR count). The first-order valence-electron chi connectivity index (χ1n) is 7.06. The molecule has 1 atom stereocenters. The predicted octanol–water partition coefficient (Wildman–Crippen LogP) is 2.52. The molecule has 0 aliphatic carbocycles. The molecule has 0 radical (unpaired) electrons. The van der Waals surface area contributed by atoms with Gasteiger partial charge in [0, 0.05) is 6.54 Å². The first kappa shape index (κ1) is 21.3. The van der Waals surface area contributed by atoms with E-state index in [0.29, 0.717) is 18.5 Å². The van der Waals surface area contributed by atoms with Crippen LogP contribution in [0.2, 0.25) is 0 Å². The fourth-order valence-corrected chi connectivity index (χ4v) is 3.31. The van der Waals surface area contributed by atoms with Gasteiger partial charge in [0.25, 0.3) is 0 Å². The normalized spacial score (nSPS) is 13.6. The number of hydrogen-bond acceptors (Lipinski definition) is 4. The van der Waals surface area contributed by atoms with Gasteiger partial charge < -0.3 is 16.0 Å². The summed E-state index contributed by atoms with van der Waals surface area (Å²) in [5.41, 5.74) is 2.27. The molecule has 0 aliphatic rings. The molecule has 0 bridgehead atoms. The summed E-state index contributed by atoms with van der Waals surface area (Å²) in [5, 5.41) is 2.58. The average molecular weight is 342 g/mol. The Labute approximate surface area is 138 Å². The van der Waals surface area contributed by atoms with Crippen LogP contribution < -0.4 is 11.5 Å². The average Bonchev–Trinajstić information content (AvgIpc) is 2.44. The SMILES string of the molecule is C=CC(=O)NCCCC(C)(c1cccc(C)c1C)S(=O)(=O)[O-].[NH4+]. The zero-order valence-electron chi connectivity index (χ0n) is 14.2. The second-order valence-electron chi connectivity index (χ2n) is 5.53. The van der Waals surface area contributed by atoms with Gasteiger partial charge in [-0.2, -0.15) is 0 Å². The van der Waals surface area contributed by atoms with E-state index in [0.717, 1.165) is 17.2 Å². The number of benzene rings is 1. The molecule has 1 amide bonds. The van der Waals surface area contributed by atoms with Crippen molar-refractivity contribution in [1.82, 2.24) is 11.5 Å². The fourth-order valence-electron chi connectivity index (χ4n) is 2.43. The number of carbonyl (C=O) groups excluding carboxylic acids is 1. The topological polar surface area (TPSA) is 123 Å². The molecule has 6 nitrogen and oxygen atoms in total. The Balaban J connectivity index is 0.00000484. The molecular formula is C16H26N2O4S. The molecule has 0 aliphatic heterocycles. The van der Waals surface area contributed by atoms with E-state index in [2.05, 4.69) is 11.9 Å². The lowest BCUT2D eigenvalue weighted by atomic mass is 9.89. The molecule has 23 heavy (non-hydrogen) atoms. The first-order chi connectivity index (χ1) is 10.1. The summed E-state index contributed by atoms with van der Waals surface area (Å²) in [4.78, 5) is 11.1. The van der Waals surface area contributed by atoms with Crippen LogP contribution in [-0.2, 0) is 19.7 Å². The van der Waals surface area contributed by atoms with Crippen LogP contribution >= 0.6 is 0 Å². The summed E-state index contributed by atoms with van der Waals surface area (Å²) < 4.78 is 34.0. The van der Waals surface area contributed by atoms with Crippen LogP contribution in [0.3, 0.4) is 0 Å². The van der Waals surface area contributed by atoms with E-state index in [1.54, 1.807) is 12.1 Å². The molecule has 0 fully saturated rings. The maximum absolute atomic E-state index is 11.8. The van der Waals surface area contributed by atoms with Crippen molar-refractivity contribution in [2.24, 2.45) is 0 Å². The zero-order valence-corrected chi connectivity index (χ0v) is 15.0. The van der Waals surface area contributed by atoms with Crippen molar-refractivity contribution in [2.75, 3.05) is 6.54 Å². The largest absolute Gasteiger partial charge is 0.747 e. The number of quaternary nitrogens is 1. The van der Waals surface area contributed by atoms with Gasteiger partial charge in [0.05, 0.1) is 4.75 Å². The molecule has 130 valence electrons. The Bertz CT molecular complexity index is 671. The van der Waals surface area contributed by atoms with Gasteiger partial charge in [-0.15, -0.1) is 0 Å². The highest BCUT2D eigenvalue weighted by Gasteiger charge is 2.35. The van der Waals surface area contributed by atoms with Crippen LogP contribution in [0, 0.1) is 13.8 Å². The number of aryl methyl sites for hydroxylation is 1. The highest BCUT2D eigenvalue weighted by molar-refractivity contribution is 7.86. The van der Waals surface area contributed by atoms with E-state index in [1.807, 2.05) is 19.9 Å². The van der Waals surface area contributed by atoms with Gasteiger partial charge in [0.1, 0.15) is 10.1 Å².